The lowest BCUT2D eigenvalue weighted by molar-refractivity contribution is 0.159. The molecule has 2 heteroatoms. The molecular weight excluding hydrogens is 222 g/mol. The fraction of sp³-hybridized carbons (Fsp3) is 0.625. The molecule has 2 rings (SSSR count). The molecule has 18 heavy (non-hydrogen) atoms. The summed E-state index contributed by atoms with van der Waals surface area (Å²) in [6, 6.07) is 7.04. The van der Waals surface area contributed by atoms with Gasteiger partial charge in [0, 0.05) is 12.1 Å². The zero-order valence-electron chi connectivity index (χ0n) is 11.8. The zero-order valence-corrected chi connectivity index (χ0v) is 11.8. The van der Waals surface area contributed by atoms with E-state index in [1.165, 1.54) is 36.8 Å². The standard InChI is InChI=1S/C16H25NO/c1-4-6-12(2)17(3)16-8-5-7-13-11-14(18)9-10-15(13)16/h9-12,16,18H,4-8H2,1-3H3. The Hall–Kier alpha value is -1.02. The molecular formula is C16H25NO. The van der Waals surface area contributed by atoms with E-state index >= 15 is 0 Å². The predicted molar refractivity (Wildman–Crippen MR) is 75.9 cm³/mol. The topological polar surface area (TPSA) is 23.5 Å². The first kappa shape index (κ1) is 13.4. The molecule has 1 aromatic carbocycles. The number of benzene rings is 1. The van der Waals surface area contributed by atoms with Gasteiger partial charge in [-0.15, -0.1) is 0 Å². The number of nitrogens with zero attached hydrogens (tertiary/aromatic N) is 1. The second kappa shape index (κ2) is 5.75. The molecule has 100 valence electrons. The SMILES string of the molecule is CCCC(C)N(C)C1CCCc2cc(O)ccc21. The fourth-order valence-electron chi connectivity index (χ4n) is 3.13. The second-order valence-corrected chi connectivity index (χ2v) is 5.59. The van der Waals surface area contributed by atoms with Gasteiger partial charge in [-0.05, 0) is 62.9 Å². The van der Waals surface area contributed by atoms with Crippen LogP contribution in [0.2, 0.25) is 0 Å². The maximum Gasteiger partial charge on any atom is 0.115 e. The summed E-state index contributed by atoms with van der Waals surface area (Å²) in [5.74, 6) is 0.402. The number of hydrogen-bond donors (Lipinski definition) is 1. The number of aromatic hydroxyl groups is 1. The molecule has 2 atom stereocenters. The largest absolute Gasteiger partial charge is 0.508 e. The third kappa shape index (κ3) is 2.69. The summed E-state index contributed by atoms with van der Waals surface area (Å²) in [6.07, 6.45) is 6.06. The molecule has 0 heterocycles. The minimum absolute atomic E-state index is 0.402. The number of rotatable bonds is 4. The van der Waals surface area contributed by atoms with Crippen molar-refractivity contribution in [2.45, 2.75) is 58.0 Å². The van der Waals surface area contributed by atoms with Gasteiger partial charge in [0.2, 0.25) is 0 Å². The highest BCUT2D eigenvalue weighted by molar-refractivity contribution is 5.38. The van der Waals surface area contributed by atoms with E-state index in [0.29, 0.717) is 17.8 Å². The van der Waals surface area contributed by atoms with Gasteiger partial charge in [-0.2, -0.15) is 0 Å². The average Bonchev–Trinajstić information content (AvgIpc) is 2.37. The van der Waals surface area contributed by atoms with Crippen molar-refractivity contribution in [1.29, 1.82) is 0 Å². The zero-order chi connectivity index (χ0) is 13.1. The van der Waals surface area contributed by atoms with Crippen molar-refractivity contribution in [1.82, 2.24) is 4.90 Å². The Kier molecular flexibility index (Phi) is 4.28. The molecule has 2 unspecified atom stereocenters. The van der Waals surface area contributed by atoms with Gasteiger partial charge in [0.25, 0.3) is 0 Å². The van der Waals surface area contributed by atoms with Gasteiger partial charge in [0.05, 0.1) is 0 Å². The van der Waals surface area contributed by atoms with Gasteiger partial charge < -0.3 is 5.11 Å². The van der Waals surface area contributed by atoms with E-state index < -0.39 is 0 Å². The minimum Gasteiger partial charge on any atom is -0.508 e. The van der Waals surface area contributed by atoms with E-state index in [1.807, 2.05) is 12.1 Å². The monoisotopic (exact) mass is 247 g/mol. The van der Waals surface area contributed by atoms with Crippen molar-refractivity contribution in [3.63, 3.8) is 0 Å². The molecule has 0 bridgehead atoms. The van der Waals surface area contributed by atoms with Gasteiger partial charge in [-0.3, -0.25) is 4.90 Å². The third-order valence-electron chi connectivity index (χ3n) is 4.30. The summed E-state index contributed by atoms with van der Waals surface area (Å²) in [5.41, 5.74) is 2.76. The van der Waals surface area contributed by atoms with E-state index in [-0.39, 0.29) is 0 Å². The summed E-state index contributed by atoms with van der Waals surface area (Å²) < 4.78 is 0. The van der Waals surface area contributed by atoms with Crippen LogP contribution in [0.3, 0.4) is 0 Å². The summed E-state index contributed by atoms with van der Waals surface area (Å²) in [5, 5.41) is 9.59. The van der Waals surface area contributed by atoms with Gasteiger partial charge in [0.15, 0.2) is 0 Å². The number of fused-ring (bicyclic) bond motifs is 1. The molecule has 0 fully saturated rings. The van der Waals surface area contributed by atoms with Crippen LogP contribution in [0.25, 0.3) is 0 Å². The first-order chi connectivity index (χ1) is 8.63. The Balaban J connectivity index is 2.21. The Morgan fingerprint density at radius 1 is 1.44 bits per heavy atom. The minimum atomic E-state index is 0.402. The van der Waals surface area contributed by atoms with Crippen LogP contribution in [0.1, 0.15) is 56.7 Å². The van der Waals surface area contributed by atoms with Crippen molar-refractivity contribution in [3.05, 3.63) is 29.3 Å². The molecule has 0 saturated carbocycles. The summed E-state index contributed by atoms with van der Waals surface area (Å²) in [7, 11) is 2.24. The van der Waals surface area contributed by atoms with Crippen molar-refractivity contribution < 1.29 is 5.11 Å². The Bertz CT molecular complexity index is 402. The van der Waals surface area contributed by atoms with Crippen molar-refractivity contribution in [2.24, 2.45) is 0 Å². The van der Waals surface area contributed by atoms with Gasteiger partial charge >= 0.3 is 0 Å². The normalized spacial score (nSPS) is 20.8. The molecule has 2 nitrogen and oxygen atoms in total. The molecule has 0 amide bonds. The maximum absolute atomic E-state index is 9.59. The molecule has 0 aromatic heterocycles. The van der Waals surface area contributed by atoms with Crippen molar-refractivity contribution >= 4 is 0 Å². The van der Waals surface area contributed by atoms with Crippen LogP contribution < -0.4 is 0 Å². The number of hydrogen-bond acceptors (Lipinski definition) is 2. The molecule has 1 N–H and O–H groups in total. The quantitative estimate of drug-likeness (QED) is 0.872. The molecule has 0 spiro atoms. The Labute approximate surface area is 111 Å². The van der Waals surface area contributed by atoms with Gasteiger partial charge in [-0.1, -0.05) is 19.4 Å². The van der Waals surface area contributed by atoms with Crippen LogP contribution in [0.4, 0.5) is 0 Å². The highest BCUT2D eigenvalue weighted by Crippen LogP contribution is 2.36. The maximum atomic E-state index is 9.59. The lowest BCUT2D eigenvalue weighted by atomic mass is 9.86. The smallest absolute Gasteiger partial charge is 0.115 e. The van der Waals surface area contributed by atoms with E-state index in [0.717, 1.165) is 6.42 Å². The molecule has 0 radical (unpaired) electrons. The number of phenolic OH excluding ortho intramolecular Hbond substituents is 1. The first-order valence-corrected chi connectivity index (χ1v) is 7.17. The summed E-state index contributed by atoms with van der Waals surface area (Å²) in [6.45, 7) is 4.56. The molecule has 0 aliphatic heterocycles. The number of aryl methyl sites for hydroxylation is 1. The number of phenols is 1. The third-order valence-corrected chi connectivity index (χ3v) is 4.30. The van der Waals surface area contributed by atoms with E-state index in [4.69, 9.17) is 0 Å². The Morgan fingerprint density at radius 3 is 2.94 bits per heavy atom. The summed E-state index contributed by atoms with van der Waals surface area (Å²) in [4.78, 5) is 2.51. The van der Waals surface area contributed by atoms with Crippen molar-refractivity contribution in [2.75, 3.05) is 7.05 Å². The predicted octanol–water partition coefficient (Wildman–Crippen LogP) is 3.89. The van der Waals surface area contributed by atoms with Crippen molar-refractivity contribution in [3.8, 4) is 5.75 Å². The first-order valence-electron chi connectivity index (χ1n) is 7.17. The molecule has 1 aliphatic carbocycles. The highest BCUT2D eigenvalue weighted by Gasteiger charge is 2.26. The van der Waals surface area contributed by atoms with E-state index in [1.54, 1.807) is 0 Å². The van der Waals surface area contributed by atoms with Crippen LogP contribution in [0.15, 0.2) is 18.2 Å². The average molecular weight is 247 g/mol. The van der Waals surface area contributed by atoms with Crippen LogP contribution >= 0.6 is 0 Å². The van der Waals surface area contributed by atoms with Crippen LogP contribution in [-0.2, 0) is 6.42 Å². The van der Waals surface area contributed by atoms with Crippen LogP contribution in [0, 0.1) is 0 Å². The van der Waals surface area contributed by atoms with E-state index in [9.17, 15) is 5.11 Å². The molecule has 0 saturated heterocycles. The van der Waals surface area contributed by atoms with Crippen LogP contribution in [-0.4, -0.2) is 23.1 Å². The lowest BCUT2D eigenvalue weighted by Crippen LogP contribution is -2.34. The van der Waals surface area contributed by atoms with Crippen LogP contribution in [0.5, 0.6) is 5.75 Å². The molecule has 1 aliphatic rings. The van der Waals surface area contributed by atoms with E-state index in [2.05, 4.69) is 31.9 Å². The summed E-state index contributed by atoms with van der Waals surface area (Å²) >= 11 is 0. The Morgan fingerprint density at radius 2 is 2.22 bits per heavy atom. The fourth-order valence-corrected chi connectivity index (χ4v) is 3.13. The highest BCUT2D eigenvalue weighted by atomic mass is 16.3. The van der Waals surface area contributed by atoms with Gasteiger partial charge in [0.1, 0.15) is 5.75 Å². The lowest BCUT2D eigenvalue weighted by Gasteiger charge is -2.37. The van der Waals surface area contributed by atoms with Gasteiger partial charge in [-0.25, -0.2) is 0 Å². The second-order valence-electron chi connectivity index (χ2n) is 5.59. The molecule has 1 aromatic rings.